The number of nitrogens with zero attached hydrogens (tertiary/aromatic N) is 3. The first-order valence-corrected chi connectivity index (χ1v) is 8.99. The van der Waals surface area contributed by atoms with Gasteiger partial charge in [-0.15, -0.1) is 10.2 Å². The fourth-order valence-corrected chi connectivity index (χ4v) is 2.97. The van der Waals surface area contributed by atoms with Crippen molar-refractivity contribution < 1.29 is 9.18 Å². The van der Waals surface area contributed by atoms with Gasteiger partial charge in [-0.3, -0.25) is 4.79 Å². The molecule has 26 heavy (non-hydrogen) atoms. The van der Waals surface area contributed by atoms with E-state index in [0.717, 1.165) is 5.56 Å². The van der Waals surface area contributed by atoms with Gasteiger partial charge in [-0.1, -0.05) is 35.5 Å². The second-order valence-electron chi connectivity index (χ2n) is 5.42. The summed E-state index contributed by atoms with van der Waals surface area (Å²) in [6.07, 6.45) is 0.418. The zero-order valence-corrected chi connectivity index (χ0v) is 15.1. The first kappa shape index (κ1) is 18.2. The van der Waals surface area contributed by atoms with Crippen molar-refractivity contribution in [2.24, 2.45) is 0 Å². The molecule has 0 bridgehead atoms. The summed E-state index contributed by atoms with van der Waals surface area (Å²) in [5.74, 6) is 6.15. The van der Waals surface area contributed by atoms with E-state index in [1.54, 1.807) is 36.4 Å². The molecular weight excluding hydrogens is 377 g/mol. The zero-order chi connectivity index (χ0) is 18.5. The summed E-state index contributed by atoms with van der Waals surface area (Å²) in [6.45, 7) is 0. The summed E-state index contributed by atoms with van der Waals surface area (Å²) in [5.41, 5.74) is 1.52. The van der Waals surface area contributed by atoms with E-state index >= 15 is 0 Å². The van der Waals surface area contributed by atoms with Gasteiger partial charge in [-0.05, 0) is 42.0 Å². The Morgan fingerprint density at radius 3 is 2.54 bits per heavy atom. The van der Waals surface area contributed by atoms with Gasteiger partial charge in [-0.2, -0.15) is 0 Å². The third-order valence-electron chi connectivity index (χ3n) is 3.47. The number of nitrogens with two attached hydrogens (primary N) is 1. The Labute approximate surface area is 158 Å². The minimum atomic E-state index is -0.300. The average Bonchev–Trinajstić information content (AvgIpc) is 2.97. The van der Waals surface area contributed by atoms with Gasteiger partial charge in [0.25, 0.3) is 0 Å². The minimum absolute atomic E-state index is 0.133. The standard InChI is InChI=1S/C17H15ClFN5OS/c18-12-3-7-14(8-4-12)21-16(25)10-26-17-23-22-15(24(17)20)9-11-1-5-13(19)6-2-11/h1-8H,9-10,20H2,(H,21,25). The molecule has 0 aliphatic rings. The summed E-state index contributed by atoms with van der Waals surface area (Å²) in [6, 6.07) is 12.9. The molecule has 0 fully saturated rings. The SMILES string of the molecule is Nn1c(Cc2ccc(F)cc2)nnc1SCC(=O)Nc1ccc(Cl)cc1. The van der Waals surface area contributed by atoms with E-state index in [0.29, 0.717) is 28.1 Å². The largest absolute Gasteiger partial charge is 0.336 e. The Bertz CT molecular complexity index is 899. The van der Waals surface area contributed by atoms with E-state index < -0.39 is 0 Å². The molecule has 1 amide bonds. The molecule has 2 aromatic carbocycles. The van der Waals surface area contributed by atoms with Gasteiger partial charge in [0.1, 0.15) is 5.82 Å². The quantitative estimate of drug-likeness (QED) is 0.498. The van der Waals surface area contributed by atoms with E-state index in [1.807, 2.05) is 0 Å². The molecule has 3 N–H and O–H groups in total. The van der Waals surface area contributed by atoms with Crippen LogP contribution in [0.4, 0.5) is 10.1 Å². The van der Waals surface area contributed by atoms with Gasteiger partial charge < -0.3 is 11.2 Å². The van der Waals surface area contributed by atoms with Crippen LogP contribution in [0.25, 0.3) is 0 Å². The fourth-order valence-electron chi connectivity index (χ4n) is 2.17. The smallest absolute Gasteiger partial charge is 0.234 e. The van der Waals surface area contributed by atoms with E-state index in [1.165, 1.54) is 28.6 Å². The van der Waals surface area contributed by atoms with Crippen LogP contribution in [0, 0.1) is 5.82 Å². The summed E-state index contributed by atoms with van der Waals surface area (Å²) in [4.78, 5) is 12.0. The fraction of sp³-hybridized carbons (Fsp3) is 0.118. The molecule has 0 saturated carbocycles. The Morgan fingerprint density at radius 1 is 1.15 bits per heavy atom. The molecule has 1 aromatic heterocycles. The topological polar surface area (TPSA) is 85.8 Å². The number of carbonyl (C=O) groups excluding carboxylic acids is 1. The molecular formula is C17H15ClFN5OS. The van der Waals surface area contributed by atoms with Crippen LogP contribution in [-0.2, 0) is 11.2 Å². The molecule has 6 nitrogen and oxygen atoms in total. The molecule has 0 atom stereocenters. The maximum Gasteiger partial charge on any atom is 0.234 e. The summed E-state index contributed by atoms with van der Waals surface area (Å²) >= 11 is 6.99. The van der Waals surface area contributed by atoms with Crippen LogP contribution < -0.4 is 11.2 Å². The average molecular weight is 392 g/mol. The third-order valence-corrected chi connectivity index (χ3v) is 4.67. The normalized spacial score (nSPS) is 10.7. The second kappa shape index (κ2) is 8.20. The van der Waals surface area contributed by atoms with E-state index in [9.17, 15) is 9.18 Å². The number of amides is 1. The number of hydrogen-bond donors (Lipinski definition) is 2. The maximum atomic E-state index is 13.0. The Morgan fingerprint density at radius 2 is 1.85 bits per heavy atom. The van der Waals surface area contributed by atoms with Crippen molar-refractivity contribution in [3.8, 4) is 0 Å². The summed E-state index contributed by atoms with van der Waals surface area (Å²) < 4.78 is 14.3. The van der Waals surface area contributed by atoms with Crippen LogP contribution in [0.1, 0.15) is 11.4 Å². The van der Waals surface area contributed by atoms with Crippen LogP contribution in [0.5, 0.6) is 0 Å². The number of nitrogens with one attached hydrogen (secondary N) is 1. The molecule has 0 spiro atoms. The van der Waals surface area contributed by atoms with Crippen LogP contribution in [0.3, 0.4) is 0 Å². The predicted molar refractivity (Wildman–Crippen MR) is 100 cm³/mol. The number of carbonyl (C=O) groups is 1. The zero-order valence-electron chi connectivity index (χ0n) is 13.5. The number of aromatic nitrogens is 3. The molecule has 0 radical (unpaired) electrons. The number of nitrogen functional groups attached to an aromatic ring is 1. The highest BCUT2D eigenvalue weighted by Gasteiger charge is 2.13. The predicted octanol–water partition coefficient (Wildman–Crippen LogP) is 3.11. The number of hydrogen-bond acceptors (Lipinski definition) is 5. The van der Waals surface area contributed by atoms with Crippen LogP contribution in [0.2, 0.25) is 5.02 Å². The van der Waals surface area contributed by atoms with Crippen LogP contribution in [-0.4, -0.2) is 26.5 Å². The Balaban J connectivity index is 1.56. The molecule has 9 heteroatoms. The number of thioether (sulfide) groups is 1. The van der Waals surface area contributed by atoms with E-state index in [-0.39, 0.29) is 17.5 Å². The highest BCUT2D eigenvalue weighted by Crippen LogP contribution is 2.18. The molecule has 0 aliphatic carbocycles. The molecule has 134 valence electrons. The maximum absolute atomic E-state index is 13.0. The van der Waals surface area contributed by atoms with Crippen LogP contribution >= 0.6 is 23.4 Å². The number of halogens is 2. The summed E-state index contributed by atoms with van der Waals surface area (Å²) in [5, 5.41) is 11.8. The van der Waals surface area contributed by atoms with Crippen molar-refractivity contribution in [2.45, 2.75) is 11.6 Å². The molecule has 0 aliphatic heterocycles. The number of benzene rings is 2. The molecule has 1 heterocycles. The Kier molecular flexibility index (Phi) is 5.75. The third kappa shape index (κ3) is 4.74. The number of rotatable bonds is 6. The van der Waals surface area contributed by atoms with Crippen molar-refractivity contribution in [1.29, 1.82) is 0 Å². The van der Waals surface area contributed by atoms with Gasteiger partial charge in [0.05, 0.1) is 5.75 Å². The van der Waals surface area contributed by atoms with E-state index in [2.05, 4.69) is 15.5 Å². The highest BCUT2D eigenvalue weighted by atomic mass is 35.5. The van der Waals surface area contributed by atoms with E-state index in [4.69, 9.17) is 17.4 Å². The van der Waals surface area contributed by atoms with Gasteiger partial charge in [-0.25, -0.2) is 9.07 Å². The van der Waals surface area contributed by atoms with Crippen molar-refractivity contribution >= 4 is 35.0 Å². The van der Waals surface area contributed by atoms with Gasteiger partial charge in [0.2, 0.25) is 11.1 Å². The minimum Gasteiger partial charge on any atom is -0.336 e. The number of anilines is 1. The molecule has 3 aromatic rings. The summed E-state index contributed by atoms with van der Waals surface area (Å²) in [7, 11) is 0. The van der Waals surface area contributed by atoms with Gasteiger partial charge in [0, 0.05) is 17.1 Å². The lowest BCUT2D eigenvalue weighted by atomic mass is 10.1. The van der Waals surface area contributed by atoms with Gasteiger partial charge >= 0.3 is 0 Å². The Hall–Kier alpha value is -2.58. The lowest BCUT2D eigenvalue weighted by molar-refractivity contribution is -0.113. The monoisotopic (exact) mass is 391 g/mol. The highest BCUT2D eigenvalue weighted by molar-refractivity contribution is 7.99. The van der Waals surface area contributed by atoms with Crippen LogP contribution in [0.15, 0.2) is 53.7 Å². The van der Waals surface area contributed by atoms with Crippen molar-refractivity contribution in [3.05, 3.63) is 70.8 Å². The first-order chi connectivity index (χ1) is 12.5. The van der Waals surface area contributed by atoms with Crippen molar-refractivity contribution in [1.82, 2.24) is 14.9 Å². The molecule has 0 unspecified atom stereocenters. The molecule has 3 rings (SSSR count). The van der Waals surface area contributed by atoms with Crippen molar-refractivity contribution in [3.63, 3.8) is 0 Å². The lowest BCUT2D eigenvalue weighted by Crippen LogP contribution is -2.17. The first-order valence-electron chi connectivity index (χ1n) is 7.63. The lowest BCUT2D eigenvalue weighted by Gasteiger charge is -2.06. The second-order valence-corrected chi connectivity index (χ2v) is 6.79. The van der Waals surface area contributed by atoms with Gasteiger partial charge in [0.15, 0.2) is 5.82 Å². The van der Waals surface area contributed by atoms with Crippen molar-refractivity contribution in [2.75, 3.05) is 16.9 Å². The molecule has 0 saturated heterocycles.